The van der Waals surface area contributed by atoms with Crippen LogP contribution >= 0.6 is 0 Å². The molecular formula is C9H5N. The molecule has 0 aliphatic heterocycles. The number of fused-ring (bicyclic) bond motifs is 3. The molecule has 0 spiro atoms. The summed E-state index contributed by atoms with van der Waals surface area (Å²) in [5, 5.41) is 10.7. The second-order valence-corrected chi connectivity index (χ2v) is 2.29. The summed E-state index contributed by atoms with van der Waals surface area (Å²) in [6.07, 6.45) is 0. The molecule has 0 heterocycles. The van der Waals surface area contributed by atoms with Crippen molar-refractivity contribution in [2.45, 2.75) is 0 Å². The van der Waals surface area contributed by atoms with Crippen LogP contribution in [-0.4, -0.2) is 0 Å². The maximum absolute atomic E-state index is 8.59. The van der Waals surface area contributed by atoms with Crippen LogP contribution in [0.2, 0.25) is 0 Å². The van der Waals surface area contributed by atoms with Gasteiger partial charge < -0.3 is 0 Å². The lowest BCUT2D eigenvalue weighted by Gasteiger charge is -1.97. The van der Waals surface area contributed by atoms with E-state index in [0.717, 1.165) is 16.3 Å². The third-order valence-electron chi connectivity index (χ3n) is 1.65. The highest BCUT2D eigenvalue weighted by molar-refractivity contribution is 5.76. The first-order chi connectivity index (χ1) is 4.90. The number of nitrogens with zero attached hydrogens (tertiary/aromatic N) is 1. The minimum Gasteiger partial charge on any atom is -0.192 e. The Labute approximate surface area is 58.8 Å². The van der Waals surface area contributed by atoms with Gasteiger partial charge in [-0.05, 0) is 16.8 Å². The van der Waals surface area contributed by atoms with Gasteiger partial charge >= 0.3 is 0 Å². The summed E-state index contributed by atoms with van der Waals surface area (Å²) in [5.74, 6) is 0. The first kappa shape index (κ1) is 5.25. The lowest BCUT2D eigenvalue weighted by atomic mass is 10.1. The van der Waals surface area contributed by atoms with Crippen LogP contribution < -0.4 is 0 Å². The van der Waals surface area contributed by atoms with E-state index in [-0.39, 0.29) is 0 Å². The summed E-state index contributed by atoms with van der Waals surface area (Å²) < 4.78 is 0. The summed E-state index contributed by atoms with van der Waals surface area (Å²) in [7, 11) is 0. The van der Waals surface area contributed by atoms with Crippen LogP contribution in [0.3, 0.4) is 0 Å². The smallest absolute Gasteiger partial charge is 0.0998 e. The van der Waals surface area contributed by atoms with Crippen molar-refractivity contribution >= 4 is 10.8 Å². The SMILES string of the molecule is N#Cc1cc2ccc1cc2. The third-order valence-corrected chi connectivity index (χ3v) is 1.65. The fraction of sp³-hybridized carbons (Fsp3) is 0. The number of hydrogen-bond acceptors (Lipinski definition) is 1. The molecule has 0 aliphatic carbocycles. The van der Waals surface area contributed by atoms with E-state index in [9.17, 15) is 0 Å². The first-order valence-corrected chi connectivity index (χ1v) is 3.12. The fourth-order valence-corrected chi connectivity index (χ4v) is 1.11. The van der Waals surface area contributed by atoms with Crippen LogP contribution in [-0.2, 0) is 0 Å². The van der Waals surface area contributed by atoms with E-state index in [1.807, 2.05) is 30.3 Å². The van der Waals surface area contributed by atoms with E-state index in [1.165, 1.54) is 0 Å². The molecule has 0 atom stereocenters. The molecule has 3 aromatic carbocycles. The Hall–Kier alpha value is -1.55. The van der Waals surface area contributed by atoms with Gasteiger partial charge in [-0.1, -0.05) is 24.3 Å². The number of benzene rings is 3. The van der Waals surface area contributed by atoms with E-state index in [1.54, 1.807) is 0 Å². The highest BCUT2D eigenvalue weighted by Crippen LogP contribution is 2.16. The topological polar surface area (TPSA) is 23.8 Å². The Morgan fingerprint density at radius 3 is 2.10 bits per heavy atom. The van der Waals surface area contributed by atoms with Crippen LogP contribution in [0.4, 0.5) is 0 Å². The third kappa shape index (κ3) is 0.563. The highest BCUT2D eigenvalue weighted by Gasteiger charge is 1.96. The van der Waals surface area contributed by atoms with Gasteiger partial charge in [-0.15, -0.1) is 0 Å². The molecule has 2 bridgehead atoms. The molecule has 0 saturated heterocycles. The Kier molecular flexibility index (Phi) is 0.900. The van der Waals surface area contributed by atoms with Gasteiger partial charge in [0, 0.05) is 0 Å². The zero-order valence-electron chi connectivity index (χ0n) is 5.33. The largest absolute Gasteiger partial charge is 0.192 e. The molecule has 0 N–H and O–H groups in total. The molecule has 1 heteroatoms. The molecule has 0 radical (unpaired) electrons. The van der Waals surface area contributed by atoms with Gasteiger partial charge in [-0.3, -0.25) is 0 Å². The minimum atomic E-state index is 0.778. The molecule has 0 amide bonds. The van der Waals surface area contributed by atoms with E-state index in [4.69, 9.17) is 5.26 Å². The lowest BCUT2D eigenvalue weighted by Crippen LogP contribution is -1.78. The van der Waals surface area contributed by atoms with E-state index >= 15 is 0 Å². The predicted molar refractivity (Wildman–Crippen MR) is 39.8 cm³/mol. The second-order valence-electron chi connectivity index (χ2n) is 2.29. The van der Waals surface area contributed by atoms with Crippen LogP contribution in [0.5, 0.6) is 0 Å². The quantitative estimate of drug-likeness (QED) is 0.532. The van der Waals surface area contributed by atoms with Crippen molar-refractivity contribution in [2.75, 3.05) is 0 Å². The normalized spacial score (nSPS) is 9.90. The summed E-state index contributed by atoms with van der Waals surface area (Å²) in [5.41, 5.74) is 0.778. The van der Waals surface area contributed by atoms with Gasteiger partial charge in [-0.25, -0.2) is 0 Å². The summed E-state index contributed by atoms with van der Waals surface area (Å²) >= 11 is 0. The number of hydrogen-bond donors (Lipinski definition) is 0. The van der Waals surface area contributed by atoms with Gasteiger partial charge in [0.2, 0.25) is 0 Å². The summed E-state index contributed by atoms with van der Waals surface area (Å²) in [6.45, 7) is 0. The lowest BCUT2D eigenvalue weighted by molar-refractivity contribution is 1.50. The van der Waals surface area contributed by atoms with Crippen LogP contribution in [0.15, 0.2) is 30.3 Å². The Morgan fingerprint density at radius 1 is 1.10 bits per heavy atom. The van der Waals surface area contributed by atoms with E-state index in [2.05, 4.69) is 6.07 Å². The second kappa shape index (κ2) is 1.71. The first-order valence-electron chi connectivity index (χ1n) is 3.12. The van der Waals surface area contributed by atoms with Crippen molar-refractivity contribution in [3.8, 4) is 6.07 Å². The highest BCUT2D eigenvalue weighted by atomic mass is 14.2. The molecule has 1 nitrogen and oxygen atoms in total. The summed E-state index contributed by atoms with van der Waals surface area (Å²) in [4.78, 5) is 0. The van der Waals surface area contributed by atoms with E-state index in [0.29, 0.717) is 0 Å². The standard InChI is InChI=1S/C9H5N/c10-6-9-5-7-1-3-8(9)4-2-7/h1-5H. The summed E-state index contributed by atoms with van der Waals surface area (Å²) in [6, 6.07) is 12.0. The van der Waals surface area contributed by atoms with Crippen molar-refractivity contribution in [1.29, 1.82) is 5.26 Å². The average Bonchev–Trinajstić information content (AvgIpc) is 2.06. The Balaban J connectivity index is 2.91. The molecule has 0 aliphatic rings. The van der Waals surface area contributed by atoms with Crippen molar-refractivity contribution < 1.29 is 0 Å². The molecular weight excluding hydrogens is 122 g/mol. The molecule has 3 aromatic rings. The molecule has 0 saturated carbocycles. The number of nitriles is 1. The zero-order chi connectivity index (χ0) is 6.97. The maximum Gasteiger partial charge on any atom is 0.0998 e. The van der Waals surface area contributed by atoms with Crippen LogP contribution in [0.1, 0.15) is 5.56 Å². The van der Waals surface area contributed by atoms with Crippen LogP contribution in [0, 0.1) is 11.3 Å². The molecule has 3 rings (SSSR count). The monoisotopic (exact) mass is 127 g/mol. The molecule has 0 fully saturated rings. The number of rotatable bonds is 0. The Morgan fingerprint density at radius 2 is 1.80 bits per heavy atom. The van der Waals surface area contributed by atoms with Gasteiger partial charge in [0.05, 0.1) is 11.6 Å². The van der Waals surface area contributed by atoms with Gasteiger partial charge in [0.1, 0.15) is 0 Å². The van der Waals surface area contributed by atoms with Crippen molar-refractivity contribution in [3.05, 3.63) is 35.9 Å². The zero-order valence-corrected chi connectivity index (χ0v) is 5.33. The Bertz CT molecular complexity index is 364. The van der Waals surface area contributed by atoms with Crippen molar-refractivity contribution in [1.82, 2.24) is 0 Å². The fourth-order valence-electron chi connectivity index (χ4n) is 1.11. The molecule has 0 aromatic heterocycles. The molecule has 10 heavy (non-hydrogen) atoms. The van der Waals surface area contributed by atoms with Crippen molar-refractivity contribution in [2.24, 2.45) is 0 Å². The maximum atomic E-state index is 8.59. The molecule has 46 valence electrons. The van der Waals surface area contributed by atoms with E-state index < -0.39 is 0 Å². The van der Waals surface area contributed by atoms with Gasteiger partial charge in [-0.2, -0.15) is 5.26 Å². The van der Waals surface area contributed by atoms with Gasteiger partial charge in [0.25, 0.3) is 0 Å². The molecule has 0 unspecified atom stereocenters. The van der Waals surface area contributed by atoms with Crippen molar-refractivity contribution in [3.63, 3.8) is 0 Å². The minimum absolute atomic E-state index is 0.778. The predicted octanol–water partition coefficient (Wildman–Crippen LogP) is 2.15. The van der Waals surface area contributed by atoms with Crippen LogP contribution in [0.25, 0.3) is 10.8 Å². The average molecular weight is 127 g/mol. The van der Waals surface area contributed by atoms with Gasteiger partial charge in [0.15, 0.2) is 0 Å².